The molecule has 0 fully saturated rings. The zero-order valence-corrected chi connectivity index (χ0v) is 9.04. The van der Waals surface area contributed by atoms with Crippen LogP contribution in [-0.4, -0.2) is 34.0 Å². The molecule has 6 heteroatoms. The molecule has 74 valence electrons. The standard InChI is InChI=1S/C8H8BrN3O2/c1-10-8(14)6-4-11-5(3-12-6)7(13)2-9/h3-4H,2H2,1H3,(H,10,14). The number of alkyl halides is 1. The third-order valence-electron chi connectivity index (χ3n) is 1.52. The summed E-state index contributed by atoms with van der Waals surface area (Å²) < 4.78 is 0. The predicted octanol–water partition coefficient (Wildman–Crippen LogP) is 0.414. The van der Waals surface area contributed by atoms with E-state index in [1.807, 2.05) is 0 Å². The molecule has 0 saturated carbocycles. The Kier molecular flexibility index (Phi) is 3.70. The molecule has 0 saturated heterocycles. The topological polar surface area (TPSA) is 72.0 Å². The van der Waals surface area contributed by atoms with Crippen LogP contribution in [0.25, 0.3) is 0 Å². The van der Waals surface area contributed by atoms with Crippen molar-refractivity contribution in [2.24, 2.45) is 0 Å². The van der Waals surface area contributed by atoms with Crippen LogP contribution in [0.2, 0.25) is 0 Å². The Morgan fingerprint density at radius 3 is 2.36 bits per heavy atom. The lowest BCUT2D eigenvalue weighted by Gasteiger charge is -1.99. The van der Waals surface area contributed by atoms with Gasteiger partial charge < -0.3 is 5.32 Å². The highest BCUT2D eigenvalue weighted by Crippen LogP contribution is 1.98. The van der Waals surface area contributed by atoms with Gasteiger partial charge in [-0.2, -0.15) is 0 Å². The molecule has 5 nitrogen and oxygen atoms in total. The molecular formula is C8H8BrN3O2. The van der Waals surface area contributed by atoms with Crippen LogP contribution >= 0.6 is 15.9 Å². The van der Waals surface area contributed by atoms with Crippen molar-refractivity contribution < 1.29 is 9.59 Å². The van der Waals surface area contributed by atoms with Crippen molar-refractivity contribution >= 4 is 27.6 Å². The van der Waals surface area contributed by atoms with Crippen LogP contribution in [0, 0.1) is 0 Å². The fourth-order valence-corrected chi connectivity index (χ4v) is 1.07. The molecule has 0 aromatic carbocycles. The molecular weight excluding hydrogens is 250 g/mol. The number of hydrogen-bond acceptors (Lipinski definition) is 4. The van der Waals surface area contributed by atoms with Gasteiger partial charge in [0.25, 0.3) is 5.91 Å². The van der Waals surface area contributed by atoms with Gasteiger partial charge in [0.1, 0.15) is 11.4 Å². The molecule has 0 radical (unpaired) electrons. The number of carbonyl (C=O) groups is 2. The van der Waals surface area contributed by atoms with Crippen LogP contribution in [0.15, 0.2) is 12.4 Å². The van der Waals surface area contributed by atoms with Crippen LogP contribution in [0.1, 0.15) is 21.0 Å². The highest BCUT2D eigenvalue weighted by Gasteiger charge is 2.09. The quantitative estimate of drug-likeness (QED) is 0.629. The minimum Gasteiger partial charge on any atom is -0.354 e. The SMILES string of the molecule is CNC(=O)c1cnc(C(=O)CBr)cn1. The Balaban J connectivity index is 2.89. The van der Waals surface area contributed by atoms with E-state index in [1.54, 1.807) is 0 Å². The molecule has 0 aliphatic carbocycles. The summed E-state index contributed by atoms with van der Waals surface area (Å²) >= 11 is 3.02. The van der Waals surface area contributed by atoms with E-state index in [2.05, 4.69) is 31.2 Å². The zero-order valence-electron chi connectivity index (χ0n) is 7.45. The maximum atomic E-state index is 11.1. The van der Waals surface area contributed by atoms with E-state index in [0.29, 0.717) is 0 Å². The second-order valence-corrected chi connectivity index (χ2v) is 2.98. The summed E-state index contributed by atoms with van der Waals surface area (Å²) in [7, 11) is 1.50. The maximum Gasteiger partial charge on any atom is 0.271 e. The molecule has 1 aromatic heterocycles. The number of nitrogens with one attached hydrogen (secondary N) is 1. The van der Waals surface area contributed by atoms with Gasteiger partial charge in [0, 0.05) is 7.05 Å². The average molecular weight is 258 g/mol. The van der Waals surface area contributed by atoms with E-state index < -0.39 is 0 Å². The van der Waals surface area contributed by atoms with E-state index in [9.17, 15) is 9.59 Å². The highest BCUT2D eigenvalue weighted by molar-refractivity contribution is 9.09. The number of rotatable bonds is 3. The van der Waals surface area contributed by atoms with Gasteiger partial charge in [-0.25, -0.2) is 9.97 Å². The highest BCUT2D eigenvalue weighted by atomic mass is 79.9. The van der Waals surface area contributed by atoms with Gasteiger partial charge in [0.15, 0.2) is 5.78 Å². The third kappa shape index (κ3) is 2.35. The number of ketones is 1. The molecule has 0 unspecified atom stereocenters. The Morgan fingerprint density at radius 2 is 1.93 bits per heavy atom. The first-order valence-corrected chi connectivity index (χ1v) is 4.94. The number of halogens is 1. The number of nitrogens with zero attached hydrogens (tertiary/aromatic N) is 2. The number of aromatic nitrogens is 2. The molecule has 14 heavy (non-hydrogen) atoms. The molecule has 0 bridgehead atoms. The van der Waals surface area contributed by atoms with E-state index in [4.69, 9.17) is 0 Å². The van der Waals surface area contributed by atoms with Crippen molar-refractivity contribution in [2.75, 3.05) is 12.4 Å². The molecule has 0 spiro atoms. The number of carbonyl (C=O) groups excluding carboxylic acids is 2. The van der Waals surface area contributed by atoms with Crippen molar-refractivity contribution in [2.45, 2.75) is 0 Å². The van der Waals surface area contributed by atoms with Crippen molar-refractivity contribution in [3.63, 3.8) is 0 Å². The zero-order chi connectivity index (χ0) is 10.6. The minimum atomic E-state index is -0.324. The van der Waals surface area contributed by atoms with Crippen LogP contribution in [0.4, 0.5) is 0 Å². The summed E-state index contributed by atoms with van der Waals surface area (Å²) in [6.45, 7) is 0. The van der Waals surface area contributed by atoms with E-state index >= 15 is 0 Å². The van der Waals surface area contributed by atoms with Crippen molar-refractivity contribution in [3.8, 4) is 0 Å². The fourth-order valence-electron chi connectivity index (χ4n) is 0.786. The first-order chi connectivity index (χ1) is 6.69. The van der Waals surface area contributed by atoms with Crippen molar-refractivity contribution in [1.29, 1.82) is 0 Å². The van der Waals surface area contributed by atoms with Gasteiger partial charge in [-0.3, -0.25) is 9.59 Å². The number of amides is 1. The van der Waals surface area contributed by atoms with Gasteiger partial charge >= 0.3 is 0 Å². The summed E-state index contributed by atoms with van der Waals surface area (Å²) in [5.74, 6) is -0.490. The Labute approximate surface area is 89.1 Å². The monoisotopic (exact) mass is 257 g/mol. The number of Topliss-reactive ketones (excluding diaryl/α,β-unsaturated/α-hetero) is 1. The normalized spacial score (nSPS) is 9.57. The molecule has 1 rings (SSSR count). The predicted molar refractivity (Wildman–Crippen MR) is 53.5 cm³/mol. The molecule has 1 aromatic rings. The molecule has 1 heterocycles. The van der Waals surface area contributed by atoms with E-state index in [-0.39, 0.29) is 28.4 Å². The van der Waals surface area contributed by atoms with Crippen LogP contribution < -0.4 is 5.32 Å². The van der Waals surface area contributed by atoms with Crippen molar-refractivity contribution in [3.05, 3.63) is 23.8 Å². The second-order valence-electron chi connectivity index (χ2n) is 2.42. The van der Waals surface area contributed by atoms with Crippen LogP contribution in [0.3, 0.4) is 0 Å². The largest absolute Gasteiger partial charge is 0.354 e. The van der Waals surface area contributed by atoms with Crippen molar-refractivity contribution in [1.82, 2.24) is 15.3 Å². The van der Waals surface area contributed by atoms with Gasteiger partial charge in [-0.1, -0.05) is 15.9 Å². The van der Waals surface area contributed by atoms with Gasteiger partial charge in [0.05, 0.1) is 17.7 Å². The third-order valence-corrected chi connectivity index (χ3v) is 2.03. The van der Waals surface area contributed by atoms with Crippen LogP contribution in [-0.2, 0) is 0 Å². The molecule has 0 aliphatic heterocycles. The summed E-state index contributed by atoms with van der Waals surface area (Å²) in [4.78, 5) is 29.8. The molecule has 0 aliphatic rings. The maximum absolute atomic E-state index is 11.1. The smallest absolute Gasteiger partial charge is 0.271 e. The lowest BCUT2D eigenvalue weighted by atomic mass is 10.3. The average Bonchev–Trinajstić information content (AvgIpc) is 2.27. The van der Waals surface area contributed by atoms with Gasteiger partial charge in [-0.15, -0.1) is 0 Å². The summed E-state index contributed by atoms with van der Waals surface area (Å²) in [5, 5.41) is 2.60. The van der Waals surface area contributed by atoms with Gasteiger partial charge in [0.2, 0.25) is 0 Å². The second kappa shape index (κ2) is 4.80. The first-order valence-electron chi connectivity index (χ1n) is 3.82. The number of hydrogen-bond donors (Lipinski definition) is 1. The Bertz CT molecular complexity index is 315. The first kappa shape index (κ1) is 10.8. The molecule has 1 N–H and O–H groups in total. The summed E-state index contributed by atoms with van der Waals surface area (Å²) in [6.07, 6.45) is 2.56. The lowest BCUT2D eigenvalue weighted by molar-refractivity contribution is 0.0954. The van der Waals surface area contributed by atoms with E-state index in [0.717, 1.165) is 0 Å². The van der Waals surface area contributed by atoms with Crippen LogP contribution in [0.5, 0.6) is 0 Å². The summed E-state index contributed by atoms with van der Waals surface area (Å²) in [5.41, 5.74) is 0.438. The van der Waals surface area contributed by atoms with E-state index in [1.165, 1.54) is 19.4 Å². The fraction of sp³-hybridized carbons (Fsp3) is 0.250. The summed E-state index contributed by atoms with van der Waals surface area (Å²) in [6, 6.07) is 0. The Morgan fingerprint density at radius 1 is 1.36 bits per heavy atom. The molecule has 0 atom stereocenters. The minimum absolute atomic E-state index is 0.166. The molecule has 1 amide bonds. The Hall–Kier alpha value is -1.30. The van der Waals surface area contributed by atoms with Gasteiger partial charge in [-0.05, 0) is 0 Å². The lowest BCUT2D eigenvalue weighted by Crippen LogP contribution is -2.20.